The van der Waals surface area contributed by atoms with Gasteiger partial charge in [0, 0.05) is 13.6 Å². The van der Waals surface area contributed by atoms with Gasteiger partial charge in [-0.15, -0.1) is 0 Å². The SMILES string of the molecule is CN=C(NCc1cccc(OCC(F)F)c1)NCc1nc(C)c(C)o1. The molecule has 0 fully saturated rings. The van der Waals surface area contributed by atoms with E-state index in [1.54, 1.807) is 25.2 Å². The van der Waals surface area contributed by atoms with Crippen LogP contribution in [0, 0.1) is 13.8 Å². The van der Waals surface area contributed by atoms with Gasteiger partial charge >= 0.3 is 0 Å². The molecule has 1 aromatic carbocycles. The van der Waals surface area contributed by atoms with Crippen molar-refractivity contribution >= 4 is 5.96 Å². The molecule has 0 aliphatic carbocycles. The van der Waals surface area contributed by atoms with Crippen LogP contribution in [0.3, 0.4) is 0 Å². The smallest absolute Gasteiger partial charge is 0.272 e. The molecule has 0 bridgehead atoms. The van der Waals surface area contributed by atoms with Crippen LogP contribution in [-0.2, 0) is 13.1 Å². The quantitative estimate of drug-likeness (QED) is 0.592. The molecule has 2 N–H and O–H groups in total. The standard InChI is InChI=1S/C17H22F2N4O2/c1-11-12(2)25-16(23-11)9-22-17(20-3)21-8-13-5-4-6-14(7-13)24-10-15(18)19/h4-7,15H,8-10H2,1-3H3,(H2,20,21,22). The highest BCUT2D eigenvalue weighted by Crippen LogP contribution is 2.14. The van der Waals surface area contributed by atoms with Gasteiger partial charge in [-0.3, -0.25) is 4.99 Å². The molecule has 0 atom stereocenters. The minimum atomic E-state index is -2.49. The van der Waals surface area contributed by atoms with Crippen LogP contribution < -0.4 is 15.4 Å². The van der Waals surface area contributed by atoms with Gasteiger partial charge in [-0.2, -0.15) is 0 Å². The number of aliphatic imine (C=N–C) groups is 1. The van der Waals surface area contributed by atoms with Crippen LogP contribution >= 0.6 is 0 Å². The summed E-state index contributed by atoms with van der Waals surface area (Å²) in [5.74, 6) is 2.36. The first-order chi connectivity index (χ1) is 12.0. The fourth-order valence-electron chi connectivity index (χ4n) is 2.08. The summed E-state index contributed by atoms with van der Waals surface area (Å²) in [4.78, 5) is 8.42. The molecule has 2 aromatic rings. The number of halogens is 2. The fourth-order valence-corrected chi connectivity index (χ4v) is 2.08. The van der Waals surface area contributed by atoms with Gasteiger partial charge in [0.15, 0.2) is 5.96 Å². The molecule has 0 unspecified atom stereocenters. The molecule has 136 valence electrons. The van der Waals surface area contributed by atoms with Gasteiger partial charge in [0.25, 0.3) is 6.43 Å². The summed E-state index contributed by atoms with van der Waals surface area (Å²) >= 11 is 0. The molecule has 0 saturated carbocycles. The number of benzene rings is 1. The van der Waals surface area contributed by atoms with Crippen LogP contribution in [0.1, 0.15) is 22.9 Å². The van der Waals surface area contributed by atoms with E-state index in [0.717, 1.165) is 17.0 Å². The Morgan fingerprint density at radius 1 is 1.28 bits per heavy atom. The molecule has 0 aliphatic rings. The first-order valence-corrected chi connectivity index (χ1v) is 7.85. The number of alkyl halides is 2. The summed E-state index contributed by atoms with van der Waals surface area (Å²) in [5, 5.41) is 6.24. The second-order valence-corrected chi connectivity index (χ2v) is 5.38. The Hall–Kier alpha value is -2.64. The number of aryl methyl sites for hydroxylation is 2. The molecular weight excluding hydrogens is 330 g/mol. The first-order valence-electron chi connectivity index (χ1n) is 7.85. The van der Waals surface area contributed by atoms with Crippen LogP contribution in [0.4, 0.5) is 8.78 Å². The average molecular weight is 352 g/mol. The van der Waals surface area contributed by atoms with Crippen molar-refractivity contribution < 1.29 is 17.9 Å². The number of hydrogen-bond acceptors (Lipinski definition) is 4. The maximum atomic E-state index is 12.2. The van der Waals surface area contributed by atoms with Crippen LogP contribution in [0.25, 0.3) is 0 Å². The van der Waals surface area contributed by atoms with E-state index in [2.05, 4.69) is 20.6 Å². The maximum absolute atomic E-state index is 12.2. The molecule has 1 aromatic heterocycles. The molecule has 6 nitrogen and oxygen atoms in total. The third-order valence-electron chi connectivity index (χ3n) is 3.44. The number of guanidine groups is 1. The predicted octanol–water partition coefficient (Wildman–Crippen LogP) is 2.80. The van der Waals surface area contributed by atoms with E-state index in [-0.39, 0.29) is 0 Å². The molecule has 0 radical (unpaired) electrons. The Morgan fingerprint density at radius 2 is 2.04 bits per heavy atom. The normalized spacial score (nSPS) is 11.7. The summed E-state index contributed by atoms with van der Waals surface area (Å²) in [7, 11) is 1.66. The predicted molar refractivity (Wildman–Crippen MR) is 91.0 cm³/mol. The third-order valence-corrected chi connectivity index (χ3v) is 3.44. The minimum Gasteiger partial charge on any atom is -0.488 e. The Bertz CT molecular complexity index is 697. The third kappa shape index (κ3) is 6.06. The zero-order chi connectivity index (χ0) is 18.2. The lowest BCUT2D eigenvalue weighted by atomic mass is 10.2. The van der Waals surface area contributed by atoms with Crippen LogP contribution in [0.15, 0.2) is 33.7 Å². The van der Waals surface area contributed by atoms with Gasteiger partial charge in [-0.25, -0.2) is 13.8 Å². The van der Waals surface area contributed by atoms with Crippen LogP contribution in [0.2, 0.25) is 0 Å². The van der Waals surface area contributed by atoms with Gasteiger partial charge < -0.3 is 19.8 Å². The van der Waals surface area contributed by atoms with Gasteiger partial charge in [0.1, 0.15) is 18.1 Å². The second-order valence-electron chi connectivity index (χ2n) is 5.38. The van der Waals surface area contributed by atoms with Gasteiger partial charge in [0.2, 0.25) is 5.89 Å². The molecule has 0 spiro atoms. The fraction of sp³-hybridized carbons (Fsp3) is 0.412. The summed E-state index contributed by atoms with van der Waals surface area (Å²) < 4.78 is 34.9. The number of rotatable bonds is 7. The zero-order valence-electron chi connectivity index (χ0n) is 14.5. The largest absolute Gasteiger partial charge is 0.488 e. The lowest BCUT2D eigenvalue weighted by molar-refractivity contribution is 0.0818. The number of oxazole rings is 1. The summed E-state index contributed by atoms with van der Waals surface area (Å²) in [6.07, 6.45) is -2.49. The summed E-state index contributed by atoms with van der Waals surface area (Å²) in [5.41, 5.74) is 1.75. The van der Waals surface area contributed by atoms with E-state index < -0.39 is 13.0 Å². The number of nitrogens with zero attached hydrogens (tertiary/aromatic N) is 2. The van der Waals surface area contributed by atoms with E-state index in [1.165, 1.54) is 0 Å². The highest BCUT2D eigenvalue weighted by Gasteiger charge is 2.07. The topological polar surface area (TPSA) is 71.7 Å². The lowest BCUT2D eigenvalue weighted by Gasteiger charge is -2.12. The number of nitrogens with one attached hydrogen (secondary N) is 2. The molecule has 2 rings (SSSR count). The van der Waals surface area contributed by atoms with E-state index in [4.69, 9.17) is 9.15 Å². The van der Waals surface area contributed by atoms with Crippen molar-refractivity contribution in [2.45, 2.75) is 33.4 Å². The Balaban J connectivity index is 1.84. The van der Waals surface area contributed by atoms with E-state index in [0.29, 0.717) is 30.7 Å². The van der Waals surface area contributed by atoms with Gasteiger partial charge in [-0.1, -0.05) is 12.1 Å². The first kappa shape index (κ1) is 18.7. The van der Waals surface area contributed by atoms with Crippen molar-refractivity contribution in [1.29, 1.82) is 0 Å². The highest BCUT2D eigenvalue weighted by atomic mass is 19.3. The van der Waals surface area contributed by atoms with E-state index in [1.807, 2.05) is 19.9 Å². The second kappa shape index (κ2) is 9.00. The Kier molecular flexibility index (Phi) is 6.73. The molecule has 25 heavy (non-hydrogen) atoms. The minimum absolute atomic E-state index is 0.409. The molecule has 0 saturated heterocycles. The van der Waals surface area contributed by atoms with Crippen molar-refractivity contribution in [3.63, 3.8) is 0 Å². The van der Waals surface area contributed by atoms with Gasteiger partial charge in [-0.05, 0) is 31.5 Å². The Labute approximate surface area is 145 Å². The monoisotopic (exact) mass is 352 g/mol. The molecular formula is C17H22F2N4O2. The Morgan fingerprint density at radius 3 is 2.68 bits per heavy atom. The van der Waals surface area contributed by atoms with Crippen molar-refractivity contribution in [3.05, 3.63) is 47.2 Å². The maximum Gasteiger partial charge on any atom is 0.272 e. The number of ether oxygens (including phenoxy) is 1. The van der Waals surface area contributed by atoms with Crippen molar-refractivity contribution in [2.24, 2.45) is 4.99 Å². The van der Waals surface area contributed by atoms with Crippen molar-refractivity contribution in [2.75, 3.05) is 13.7 Å². The summed E-state index contributed by atoms with van der Waals surface area (Å²) in [6.45, 7) is 4.01. The van der Waals surface area contributed by atoms with Crippen molar-refractivity contribution in [3.8, 4) is 5.75 Å². The molecule has 0 aliphatic heterocycles. The van der Waals surface area contributed by atoms with Crippen molar-refractivity contribution in [1.82, 2.24) is 15.6 Å². The average Bonchev–Trinajstić information content (AvgIpc) is 2.91. The molecule has 1 heterocycles. The number of aromatic nitrogens is 1. The summed E-state index contributed by atoms with van der Waals surface area (Å²) in [6, 6.07) is 6.98. The molecule has 0 amide bonds. The molecule has 8 heteroatoms. The zero-order valence-corrected chi connectivity index (χ0v) is 14.5. The van der Waals surface area contributed by atoms with E-state index >= 15 is 0 Å². The highest BCUT2D eigenvalue weighted by molar-refractivity contribution is 5.79. The lowest BCUT2D eigenvalue weighted by Crippen LogP contribution is -2.36. The van der Waals surface area contributed by atoms with E-state index in [9.17, 15) is 8.78 Å². The van der Waals surface area contributed by atoms with Crippen LogP contribution in [0.5, 0.6) is 5.75 Å². The van der Waals surface area contributed by atoms with Crippen LogP contribution in [-0.4, -0.2) is 31.0 Å². The van der Waals surface area contributed by atoms with Gasteiger partial charge in [0.05, 0.1) is 12.2 Å². The number of hydrogen-bond donors (Lipinski definition) is 2.